The van der Waals surface area contributed by atoms with Crippen LogP contribution in [-0.4, -0.2) is 4.98 Å². The lowest BCUT2D eigenvalue weighted by Gasteiger charge is -2.01. The zero-order valence-corrected chi connectivity index (χ0v) is 10.6. The minimum atomic E-state index is -0.518. The van der Waals surface area contributed by atoms with Gasteiger partial charge in [0, 0.05) is 11.8 Å². The number of hydrogen-bond donors (Lipinski definition) is 1. The molecule has 0 fully saturated rings. The zero-order chi connectivity index (χ0) is 13.4. The van der Waals surface area contributed by atoms with E-state index in [2.05, 4.69) is 4.98 Å². The monoisotopic (exact) mass is 276 g/mol. The number of nitrogens with two attached hydrogens (primary N) is 1. The van der Waals surface area contributed by atoms with Crippen molar-refractivity contribution in [3.05, 3.63) is 58.7 Å². The molecule has 5 heteroatoms. The molecule has 0 atom stereocenters. The zero-order valence-electron chi connectivity index (χ0n) is 9.86. The minimum absolute atomic E-state index is 0.0339. The van der Waals surface area contributed by atoms with Crippen LogP contribution >= 0.6 is 11.6 Å². The average Bonchev–Trinajstić information content (AvgIpc) is 2.74. The molecule has 3 aromatic rings. The van der Waals surface area contributed by atoms with E-state index in [9.17, 15) is 4.39 Å². The van der Waals surface area contributed by atoms with E-state index in [4.69, 9.17) is 21.8 Å². The van der Waals surface area contributed by atoms with Crippen molar-refractivity contribution >= 4 is 28.4 Å². The van der Waals surface area contributed by atoms with Crippen LogP contribution in [0, 0.1) is 5.82 Å². The van der Waals surface area contributed by atoms with Crippen LogP contribution in [0.1, 0.15) is 11.5 Å². The summed E-state index contributed by atoms with van der Waals surface area (Å²) in [6, 6.07) is 10.2. The van der Waals surface area contributed by atoms with Gasteiger partial charge in [0.2, 0.25) is 0 Å². The molecular weight excluding hydrogens is 267 g/mol. The van der Waals surface area contributed by atoms with E-state index >= 15 is 0 Å². The molecule has 0 aliphatic rings. The first-order chi connectivity index (χ1) is 9.13. The van der Waals surface area contributed by atoms with Crippen molar-refractivity contribution in [2.75, 3.05) is 5.73 Å². The molecule has 1 aromatic heterocycles. The minimum Gasteiger partial charge on any atom is -0.440 e. The fourth-order valence-corrected chi connectivity index (χ4v) is 2.06. The fourth-order valence-electron chi connectivity index (χ4n) is 1.91. The summed E-state index contributed by atoms with van der Waals surface area (Å²) < 4.78 is 18.8. The van der Waals surface area contributed by atoms with Crippen molar-refractivity contribution in [2.24, 2.45) is 0 Å². The summed E-state index contributed by atoms with van der Waals surface area (Å²) in [6.45, 7) is 0. The van der Waals surface area contributed by atoms with Crippen molar-refractivity contribution < 1.29 is 8.81 Å². The van der Waals surface area contributed by atoms with E-state index < -0.39 is 5.82 Å². The summed E-state index contributed by atoms with van der Waals surface area (Å²) in [5.41, 5.74) is 8.37. The van der Waals surface area contributed by atoms with Gasteiger partial charge in [-0.3, -0.25) is 0 Å². The standard InChI is InChI=1S/C14H10ClFN2O/c15-9-6-12-13(7-10(9)16)19-14(18-12)5-8-3-1-2-4-11(8)17/h1-4,6-7H,5,17H2. The van der Waals surface area contributed by atoms with Gasteiger partial charge in [-0.2, -0.15) is 0 Å². The number of anilines is 1. The highest BCUT2D eigenvalue weighted by Crippen LogP contribution is 2.25. The Bertz CT molecular complexity index is 715. The lowest BCUT2D eigenvalue weighted by molar-refractivity contribution is 0.540. The third-order valence-corrected chi connectivity index (χ3v) is 3.16. The SMILES string of the molecule is Nc1ccccc1Cc1nc2cc(Cl)c(F)cc2o1. The average molecular weight is 277 g/mol. The predicted molar refractivity (Wildman–Crippen MR) is 72.6 cm³/mol. The second kappa shape index (κ2) is 4.55. The Balaban J connectivity index is 2.00. The molecule has 3 rings (SSSR count). The molecule has 0 saturated heterocycles. The molecule has 19 heavy (non-hydrogen) atoms. The highest BCUT2D eigenvalue weighted by Gasteiger charge is 2.11. The fraction of sp³-hybridized carbons (Fsp3) is 0.0714. The van der Waals surface area contributed by atoms with Crippen LogP contribution in [0.15, 0.2) is 40.8 Å². The number of hydrogen-bond acceptors (Lipinski definition) is 3. The van der Waals surface area contributed by atoms with Crippen molar-refractivity contribution in [1.82, 2.24) is 4.98 Å². The predicted octanol–water partition coefficient (Wildman–Crippen LogP) is 3.79. The van der Waals surface area contributed by atoms with Crippen LogP contribution in [0.5, 0.6) is 0 Å². The number of benzene rings is 2. The Kier molecular flexibility index (Phi) is 2.87. The Morgan fingerprint density at radius 2 is 2.05 bits per heavy atom. The molecule has 3 nitrogen and oxygen atoms in total. The van der Waals surface area contributed by atoms with Gasteiger partial charge in [0.25, 0.3) is 0 Å². The molecule has 0 radical (unpaired) electrons. The molecule has 0 saturated carbocycles. The second-order valence-electron chi connectivity index (χ2n) is 4.22. The van der Waals surface area contributed by atoms with E-state index in [0.29, 0.717) is 29.1 Å². The first-order valence-corrected chi connectivity index (χ1v) is 6.09. The Hall–Kier alpha value is -2.07. The van der Waals surface area contributed by atoms with E-state index in [1.807, 2.05) is 24.3 Å². The van der Waals surface area contributed by atoms with Gasteiger partial charge >= 0.3 is 0 Å². The maximum absolute atomic E-state index is 13.3. The van der Waals surface area contributed by atoms with E-state index in [1.54, 1.807) is 0 Å². The van der Waals surface area contributed by atoms with E-state index in [1.165, 1.54) is 12.1 Å². The summed E-state index contributed by atoms with van der Waals surface area (Å²) in [5.74, 6) is -0.0364. The van der Waals surface area contributed by atoms with Crippen LogP contribution in [0.2, 0.25) is 5.02 Å². The van der Waals surface area contributed by atoms with Gasteiger partial charge in [-0.15, -0.1) is 0 Å². The van der Waals surface area contributed by atoms with Crippen molar-refractivity contribution in [3.63, 3.8) is 0 Å². The Labute approximate surface area is 113 Å². The largest absolute Gasteiger partial charge is 0.440 e. The molecule has 0 bridgehead atoms. The summed E-state index contributed by atoms with van der Waals surface area (Å²) in [6.07, 6.45) is 0.459. The van der Waals surface area contributed by atoms with Gasteiger partial charge in [0.1, 0.15) is 11.3 Å². The van der Waals surface area contributed by atoms with Crippen molar-refractivity contribution in [3.8, 4) is 0 Å². The molecule has 0 amide bonds. The molecular formula is C14H10ClFN2O. The van der Waals surface area contributed by atoms with Gasteiger partial charge in [-0.1, -0.05) is 29.8 Å². The third kappa shape index (κ3) is 2.27. The number of para-hydroxylation sites is 1. The number of rotatable bonds is 2. The molecule has 0 unspecified atom stereocenters. The van der Waals surface area contributed by atoms with Crippen LogP contribution in [-0.2, 0) is 6.42 Å². The molecule has 2 aromatic carbocycles. The summed E-state index contributed by atoms with van der Waals surface area (Å²) >= 11 is 5.71. The Morgan fingerprint density at radius 1 is 1.26 bits per heavy atom. The number of nitrogens with zero attached hydrogens (tertiary/aromatic N) is 1. The number of halogens is 2. The maximum atomic E-state index is 13.3. The smallest absolute Gasteiger partial charge is 0.199 e. The van der Waals surface area contributed by atoms with Gasteiger partial charge < -0.3 is 10.2 Å². The molecule has 0 aliphatic heterocycles. The lowest BCUT2D eigenvalue weighted by atomic mass is 10.1. The van der Waals surface area contributed by atoms with Crippen LogP contribution in [0.25, 0.3) is 11.1 Å². The molecule has 1 heterocycles. The van der Waals surface area contributed by atoms with Gasteiger partial charge in [0.15, 0.2) is 11.5 Å². The number of nitrogen functional groups attached to an aromatic ring is 1. The van der Waals surface area contributed by atoms with E-state index in [-0.39, 0.29) is 5.02 Å². The van der Waals surface area contributed by atoms with Crippen LogP contribution in [0.3, 0.4) is 0 Å². The van der Waals surface area contributed by atoms with Gasteiger partial charge in [-0.25, -0.2) is 9.37 Å². The van der Waals surface area contributed by atoms with Crippen molar-refractivity contribution in [2.45, 2.75) is 6.42 Å². The Morgan fingerprint density at radius 3 is 2.84 bits per heavy atom. The van der Waals surface area contributed by atoms with Crippen LogP contribution < -0.4 is 5.73 Å². The number of fused-ring (bicyclic) bond motifs is 1. The lowest BCUT2D eigenvalue weighted by Crippen LogP contribution is -1.95. The van der Waals surface area contributed by atoms with Crippen LogP contribution in [0.4, 0.5) is 10.1 Å². The molecule has 0 aliphatic carbocycles. The molecule has 0 spiro atoms. The normalized spacial score (nSPS) is 11.1. The number of aromatic nitrogens is 1. The first-order valence-electron chi connectivity index (χ1n) is 5.71. The summed E-state index contributed by atoms with van der Waals surface area (Å²) in [4.78, 5) is 4.28. The van der Waals surface area contributed by atoms with Gasteiger partial charge in [-0.05, 0) is 17.7 Å². The highest BCUT2D eigenvalue weighted by molar-refractivity contribution is 6.31. The van der Waals surface area contributed by atoms with E-state index in [0.717, 1.165) is 5.56 Å². The van der Waals surface area contributed by atoms with Crippen molar-refractivity contribution in [1.29, 1.82) is 0 Å². The number of oxazole rings is 1. The summed E-state index contributed by atoms with van der Waals surface area (Å²) in [7, 11) is 0. The third-order valence-electron chi connectivity index (χ3n) is 2.87. The quantitative estimate of drug-likeness (QED) is 0.725. The second-order valence-corrected chi connectivity index (χ2v) is 4.62. The first kappa shape index (κ1) is 12.0. The molecule has 96 valence electrons. The maximum Gasteiger partial charge on any atom is 0.199 e. The topological polar surface area (TPSA) is 52.0 Å². The van der Waals surface area contributed by atoms with Gasteiger partial charge in [0.05, 0.1) is 11.4 Å². The summed E-state index contributed by atoms with van der Waals surface area (Å²) in [5, 5.41) is 0.0339. The highest BCUT2D eigenvalue weighted by atomic mass is 35.5. The molecule has 2 N–H and O–H groups in total.